The van der Waals surface area contributed by atoms with Gasteiger partial charge in [0, 0.05) is 24.1 Å². The lowest BCUT2D eigenvalue weighted by Crippen LogP contribution is -2.37. The highest BCUT2D eigenvalue weighted by molar-refractivity contribution is 8.00. The summed E-state index contributed by atoms with van der Waals surface area (Å²) in [6.07, 6.45) is 0. The first kappa shape index (κ1) is 8.41. The lowest BCUT2D eigenvalue weighted by atomic mass is 10.1. The number of thioether (sulfide) groups is 1. The molecule has 10 heavy (non-hydrogen) atoms. The highest BCUT2D eigenvalue weighted by Gasteiger charge is 2.19. The lowest BCUT2D eigenvalue weighted by molar-refractivity contribution is 0.323. The van der Waals surface area contributed by atoms with Crippen molar-refractivity contribution in [2.24, 2.45) is 5.92 Å². The summed E-state index contributed by atoms with van der Waals surface area (Å²) < 4.78 is 0. The first-order valence-electron chi connectivity index (χ1n) is 4.00. The zero-order valence-electron chi connectivity index (χ0n) is 7.13. The Morgan fingerprint density at radius 2 is 2.20 bits per heavy atom. The van der Waals surface area contributed by atoms with Gasteiger partial charge in [-0.25, -0.2) is 0 Å². The van der Waals surface area contributed by atoms with E-state index in [-0.39, 0.29) is 0 Å². The predicted molar refractivity (Wildman–Crippen MR) is 48.6 cm³/mol. The quantitative estimate of drug-likeness (QED) is 0.573. The summed E-state index contributed by atoms with van der Waals surface area (Å²) in [5, 5.41) is 0.874. The fourth-order valence-corrected chi connectivity index (χ4v) is 2.68. The van der Waals surface area contributed by atoms with Crippen LogP contribution in [-0.2, 0) is 0 Å². The minimum Gasteiger partial charge on any atom is -0.304 e. The van der Waals surface area contributed by atoms with Crippen LogP contribution in [0.5, 0.6) is 0 Å². The zero-order valence-corrected chi connectivity index (χ0v) is 7.95. The molecule has 1 saturated heterocycles. The predicted octanol–water partition coefficient (Wildman–Crippen LogP) is 1.69. The smallest absolute Gasteiger partial charge is 0.0198 e. The van der Waals surface area contributed by atoms with E-state index in [4.69, 9.17) is 0 Å². The molecule has 0 aromatic heterocycles. The van der Waals surface area contributed by atoms with Crippen molar-refractivity contribution >= 4 is 11.8 Å². The third-order valence-corrected chi connectivity index (χ3v) is 3.58. The monoisotopic (exact) mass is 159 g/mol. The van der Waals surface area contributed by atoms with Crippen molar-refractivity contribution in [1.29, 1.82) is 0 Å². The Hall–Kier alpha value is 0.310. The fraction of sp³-hybridized carbons (Fsp3) is 1.00. The van der Waals surface area contributed by atoms with E-state index < -0.39 is 0 Å². The second-order valence-corrected chi connectivity index (χ2v) is 4.76. The number of rotatable bonds is 1. The molecule has 2 heteroatoms. The van der Waals surface area contributed by atoms with Gasteiger partial charge >= 0.3 is 0 Å². The maximum atomic E-state index is 2.43. The molecule has 1 atom stereocenters. The average molecular weight is 159 g/mol. The molecule has 1 nitrogen and oxygen atoms in total. The highest BCUT2D eigenvalue weighted by atomic mass is 32.2. The molecule has 1 aliphatic heterocycles. The van der Waals surface area contributed by atoms with Gasteiger partial charge < -0.3 is 4.90 Å². The molecular formula is C8H17NS. The van der Waals surface area contributed by atoms with Gasteiger partial charge in [0.25, 0.3) is 0 Å². The van der Waals surface area contributed by atoms with E-state index in [2.05, 4.69) is 37.6 Å². The van der Waals surface area contributed by atoms with E-state index in [1.54, 1.807) is 0 Å². The van der Waals surface area contributed by atoms with E-state index in [1.165, 1.54) is 18.8 Å². The van der Waals surface area contributed by atoms with Gasteiger partial charge in [0.15, 0.2) is 0 Å². The van der Waals surface area contributed by atoms with Crippen LogP contribution in [0.4, 0.5) is 0 Å². The van der Waals surface area contributed by atoms with E-state index in [9.17, 15) is 0 Å². The first-order valence-corrected chi connectivity index (χ1v) is 5.05. The third-order valence-electron chi connectivity index (χ3n) is 2.04. The Labute approximate surface area is 68.2 Å². The Morgan fingerprint density at radius 3 is 2.60 bits per heavy atom. The number of hydrogen-bond acceptors (Lipinski definition) is 2. The van der Waals surface area contributed by atoms with Crippen LogP contribution in [0.2, 0.25) is 0 Å². The maximum absolute atomic E-state index is 2.43. The van der Waals surface area contributed by atoms with Gasteiger partial charge in [0.05, 0.1) is 0 Å². The molecule has 1 fully saturated rings. The molecule has 0 radical (unpaired) electrons. The molecule has 1 aliphatic rings. The van der Waals surface area contributed by atoms with Crippen molar-refractivity contribution in [1.82, 2.24) is 4.90 Å². The second-order valence-electron chi connectivity index (χ2n) is 3.42. The fourth-order valence-electron chi connectivity index (χ4n) is 1.21. The molecule has 0 bridgehead atoms. The van der Waals surface area contributed by atoms with Crippen LogP contribution in [0.1, 0.15) is 13.8 Å². The number of nitrogens with zero attached hydrogens (tertiary/aromatic N) is 1. The van der Waals surface area contributed by atoms with Crippen LogP contribution in [0.15, 0.2) is 0 Å². The molecule has 0 aromatic carbocycles. The van der Waals surface area contributed by atoms with Crippen molar-refractivity contribution in [3.8, 4) is 0 Å². The van der Waals surface area contributed by atoms with Crippen molar-refractivity contribution in [2.75, 3.05) is 25.9 Å². The largest absolute Gasteiger partial charge is 0.304 e. The first-order chi connectivity index (χ1) is 4.70. The van der Waals surface area contributed by atoms with Crippen molar-refractivity contribution in [3.63, 3.8) is 0 Å². The summed E-state index contributed by atoms with van der Waals surface area (Å²) in [5.74, 6) is 2.16. The molecule has 1 rings (SSSR count). The summed E-state index contributed by atoms with van der Waals surface area (Å²) >= 11 is 2.13. The van der Waals surface area contributed by atoms with E-state index in [1.807, 2.05) is 0 Å². The Morgan fingerprint density at radius 1 is 1.50 bits per heavy atom. The third kappa shape index (κ3) is 2.17. The van der Waals surface area contributed by atoms with Crippen LogP contribution in [-0.4, -0.2) is 36.0 Å². The molecule has 0 aliphatic carbocycles. The van der Waals surface area contributed by atoms with Gasteiger partial charge in [-0.2, -0.15) is 11.8 Å². The van der Waals surface area contributed by atoms with E-state index >= 15 is 0 Å². The molecular weight excluding hydrogens is 142 g/mol. The second kappa shape index (κ2) is 3.63. The summed E-state index contributed by atoms with van der Waals surface area (Å²) in [5.41, 5.74) is 0. The summed E-state index contributed by atoms with van der Waals surface area (Å²) in [6, 6.07) is 0. The summed E-state index contributed by atoms with van der Waals surface area (Å²) in [4.78, 5) is 2.43. The van der Waals surface area contributed by atoms with Crippen molar-refractivity contribution < 1.29 is 0 Å². The summed E-state index contributed by atoms with van der Waals surface area (Å²) in [6.45, 7) is 7.18. The zero-order chi connectivity index (χ0) is 7.56. The van der Waals surface area contributed by atoms with Gasteiger partial charge in [-0.1, -0.05) is 13.8 Å². The molecule has 60 valence electrons. The Kier molecular flexibility index (Phi) is 3.05. The van der Waals surface area contributed by atoms with E-state index in [0.717, 1.165) is 11.2 Å². The summed E-state index contributed by atoms with van der Waals surface area (Å²) in [7, 11) is 2.22. The molecule has 1 heterocycles. The van der Waals surface area contributed by atoms with Gasteiger partial charge in [-0.15, -0.1) is 0 Å². The Bertz CT molecular complexity index is 103. The van der Waals surface area contributed by atoms with Crippen LogP contribution in [0.25, 0.3) is 0 Å². The Balaban J connectivity index is 2.32. The molecule has 0 amide bonds. The van der Waals surface area contributed by atoms with Gasteiger partial charge in [-0.05, 0) is 13.0 Å². The minimum atomic E-state index is 0.841. The normalized spacial score (nSPS) is 29.4. The van der Waals surface area contributed by atoms with Crippen LogP contribution in [0, 0.1) is 5.92 Å². The van der Waals surface area contributed by atoms with Crippen LogP contribution in [0.3, 0.4) is 0 Å². The van der Waals surface area contributed by atoms with Crippen LogP contribution >= 0.6 is 11.8 Å². The standard InChI is InChI=1S/C8H17NS/c1-7(2)8-6-9(3)4-5-10-8/h7-8H,4-6H2,1-3H3. The van der Waals surface area contributed by atoms with Gasteiger partial charge in [0.2, 0.25) is 0 Å². The van der Waals surface area contributed by atoms with Crippen molar-refractivity contribution in [2.45, 2.75) is 19.1 Å². The van der Waals surface area contributed by atoms with Gasteiger partial charge in [-0.3, -0.25) is 0 Å². The highest BCUT2D eigenvalue weighted by Crippen LogP contribution is 2.23. The molecule has 0 N–H and O–H groups in total. The number of hydrogen-bond donors (Lipinski definition) is 0. The van der Waals surface area contributed by atoms with E-state index in [0.29, 0.717) is 0 Å². The SMILES string of the molecule is CC(C)C1CN(C)CCS1. The van der Waals surface area contributed by atoms with Gasteiger partial charge in [0.1, 0.15) is 0 Å². The molecule has 0 saturated carbocycles. The van der Waals surface area contributed by atoms with Crippen LogP contribution < -0.4 is 0 Å². The average Bonchev–Trinajstić information content (AvgIpc) is 1.88. The molecule has 0 aromatic rings. The molecule has 0 spiro atoms. The van der Waals surface area contributed by atoms with Crippen molar-refractivity contribution in [3.05, 3.63) is 0 Å². The minimum absolute atomic E-state index is 0.841. The lowest BCUT2D eigenvalue weighted by Gasteiger charge is -2.31. The topological polar surface area (TPSA) is 3.24 Å². The molecule has 1 unspecified atom stereocenters. The maximum Gasteiger partial charge on any atom is 0.0198 e.